The minimum Gasteiger partial charge on any atom is -0.497 e. The van der Waals surface area contributed by atoms with Gasteiger partial charge in [-0.05, 0) is 25.1 Å². The van der Waals surface area contributed by atoms with E-state index in [4.69, 9.17) is 23.4 Å². The van der Waals surface area contributed by atoms with Crippen LogP contribution in [0.2, 0.25) is 0 Å². The smallest absolute Gasteiger partial charge is 0.348 e. The molecule has 0 spiro atoms. The number of methoxy groups -OCH3 is 2. The van der Waals surface area contributed by atoms with Gasteiger partial charge in [0.15, 0.2) is 0 Å². The van der Waals surface area contributed by atoms with Gasteiger partial charge in [0.1, 0.15) is 22.8 Å². The normalized spacial score (nSPS) is 17.5. The molecular formula is C22H20O7. The molecule has 7 nitrogen and oxygen atoms in total. The van der Waals surface area contributed by atoms with E-state index < -0.39 is 23.6 Å². The molecule has 4 rings (SSSR count). The topological polar surface area (TPSA) is 84.2 Å². The number of fused-ring (bicyclic) bond motifs is 3. The summed E-state index contributed by atoms with van der Waals surface area (Å²) >= 11 is 0. The molecule has 2 atom stereocenters. The number of rotatable bonds is 5. The highest BCUT2D eigenvalue weighted by Gasteiger charge is 2.46. The van der Waals surface area contributed by atoms with Gasteiger partial charge >= 0.3 is 11.6 Å². The first-order valence-corrected chi connectivity index (χ1v) is 9.20. The standard InChI is InChI=1S/C22H20O7/c1-4-27-22(24)20-17(13-10-9-12(25-2)11-16(13)26-3)18-19(29-20)14-7-5-6-8-15(14)28-21(18)23/h5-11,17,20H,4H2,1-3H3/t17-,20-/m1/s1. The Labute approximate surface area is 166 Å². The first kappa shape index (κ1) is 18.9. The maximum absolute atomic E-state index is 12.9. The second-order valence-corrected chi connectivity index (χ2v) is 6.50. The zero-order chi connectivity index (χ0) is 20.5. The van der Waals surface area contributed by atoms with E-state index >= 15 is 0 Å². The van der Waals surface area contributed by atoms with Gasteiger partial charge in [-0.3, -0.25) is 0 Å². The Balaban J connectivity index is 1.97. The van der Waals surface area contributed by atoms with Gasteiger partial charge in [0.2, 0.25) is 6.10 Å². The van der Waals surface area contributed by atoms with Crippen molar-refractivity contribution < 1.29 is 28.2 Å². The van der Waals surface area contributed by atoms with Crippen molar-refractivity contribution in [3.8, 4) is 17.2 Å². The quantitative estimate of drug-likeness (QED) is 0.483. The van der Waals surface area contributed by atoms with Gasteiger partial charge in [0.05, 0.1) is 37.7 Å². The maximum Gasteiger partial charge on any atom is 0.348 e. The van der Waals surface area contributed by atoms with Crippen LogP contribution in [0.3, 0.4) is 0 Å². The number of hydrogen-bond donors (Lipinski definition) is 0. The Morgan fingerprint density at radius 2 is 1.90 bits per heavy atom. The molecule has 0 amide bonds. The number of carbonyl (C=O) groups is 1. The maximum atomic E-state index is 12.9. The fourth-order valence-corrected chi connectivity index (χ4v) is 3.68. The summed E-state index contributed by atoms with van der Waals surface area (Å²) in [6.07, 6.45) is -1.04. The van der Waals surface area contributed by atoms with E-state index in [1.807, 2.05) is 6.07 Å². The molecule has 0 aliphatic carbocycles. The third-order valence-corrected chi connectivity index (χ3v) is 4.95. The molecule has 1 aliphatic heterocycles. The summed E-state index contributed by atoms with van der Waals surface area (Å²) in [5, 5.41) is 0.617. The van der Waals surface area contributed by atoms with Crippen molar-refractivity contribution in [2.24, 2.45) is 0 Å². The van der Waals surface area contributed by atoms with E-state index in [2.05, 4.69) is 0 Å². The molecule has 0 N–H and O–H groups in total. The van der Waals surface area contributed by atoms with E-state index in [9.17, 15) is 9.59 Å². The SMILES string of the molecule is CCOC(=O)[C@@H]1Oc2c(c(=O)oc3ccccc23)[C@H]1c1ccc(OC)cc1OC. The highest BCUT2D eigenvalue weighted by Crippen LogP contribution is 2.47. The Morgan fingerprint density at radius 1 is 1.10 bits per heavy atom. The van der Waals surface area contributed by atoms with Crippen LogP contribution in [0, 0.1) is 0 Å². The third kappa shape index (κ3) is 3.08. The second-order valence-electron chi connectivity index (χ2n) is 6.50. The largest absolute Gasteiger partial charge is 0.497 e. The van der Waals surface area contributed by atoms with Crippen molar-refractivity contribution in [3.63, 3.8) is 0 Å². The monoisotopic (exact) mass is 396 g/mol. The van der Waals surface area contributed by atoms with E-state index in [1.165, 1.54) is 7.11 Å². The van der Waals surface area contributed by atoms with E-state index in [1.54, 1.807) is 50.4 Å². The van der Waals surface area contributed by atoms with Crippen molar-refractivity contribution in [2.45, 2.75) is 18.9 Å². The fourth-order valence-electron chi connectivity index (χ4n) is 3.68. The van der Waals surface area contributed by atoms with E-state index in [0.717, 1.165) is 0 Å². The first-order chi connectivity index (χ1) is 14.1. The van der Waals surface area contributed by atoms with Crippen molar-refractivity contribution >= 4 is 16.9 Å². The van der Waals surface area contributed by atoms with Crippen LogP contribution in [0.5, 0.6) is 17.2 Å². The summed E-state index contributed by atoms with van der Waals surface area (Å²) in [4.78, 5) is 25.6. The van der Waals surface area contributed by atoms with Crippen LogP contribution in [-0.2, 0) is 9.53 Å². The average Bonchev–Trinajstić information content (AvgIpc) is 3.15. The van der Waals surface area contributed by atoms with Gasteiger partial charge in [0, 0.05) is 11.6 Å². The Kier molecular flexibility index (Phi) is 4.88. The minimum absolute atomic E-state index is 0.191. The van der Waals surface area contributed by atoms with Crippen molar-refractivity contribution in [1.82, 2.24) is 0 Å². The lowest BCUT2D eigenvalue weighted by Crippen LogP contribution is -2.32. The van der Waals surface area contributed by atoms with Crippen LogP contribution in [0.15, 0.2) is 51.7 Å². The number of benzene rings is 2. The van der Waals surface area contributed by atoms with Gasteiger partial charge in [-0.1, -0.05) is 18.2 Å². The Bertz CT molecular complexity index is 1130. The second kappa shape index (κ2) is 7.50. The zero-order valence-corrected chi connectivity index (χ0v) is 16.3. The van der Waals surface area contributed by atoms with Crippen molar-refractivity contribution in [1.29, 1.82) is 0 Å². The number of hydrogen-bond acceptors (Lipinski definition) is 7. The lowest BCUT2D eigenvalue weighted by molar-refractivity contribution is -0.151. The number of carbonyl (C=O) groups excluding carboxylic acids is 1. The van der Waals surface area contributed by atoms with Gasteiger partial charge in [-0.25, -0.2) is 9.59 Å². The summed E-state index contributed by atoms with van der Waals surface area (Å²) < 4.78 is 27.5. The molecular weight excluding hydrogens is 376 g/mol. The summed E-state index contributed by atoms with van der Waals surface area (Å²) in [5.74, 6) is 0.0780. The molecule has 2 aromatic carbocycles. The molecule has 29 heavy (non-hydrogen) atoms. The highest BCUT2D eigenvalue weighted by atomic mass is 16.6. The highest BCUT2D eigenvalue weighted by molar-refractivity contribution is 5.88. The van der Waals surface area contributed by atoms with E-state index in [-0.39, 0.29) is 12.2 Å². The Hall–Kier alpha value is -3.48. The van der Waals surface area contributed by atoms with Gasteiger partial charge in [-0.15, -0.1) is 0 Å². The number of esters is 1. The minimum atomic E-state index is -1.04. The van der Waals surface area contributed by atoms with Gasteiger partial charge in [0.25, 0.3) is 0 Å². The molecule has 1 aliphatic rings. The lowest BCUT2D eigenvalue weighted by atomic mass is 9.87. The first-order valence-electron chi connectivity index (χ1n) is 9.20. The predicted octanol–water partition coefficient (Wildman–Crippen LogP) is 3.27. The third-order valence-electron chi connectivity index (χ3n) is 4.95. The molecule has 150 valence electrons. The summed E-state index contributed by atoms with van der Waals surface area (Å²) in [6, 6.07) is 12.2. The summed E-state index contributed by atoms with van der Waals surface area (Å²) in [5.41, 5.74) is 0.701. The van der Waals surface area contributed by atoms with Gasteiger partial charge in [-0.2, -0.15) is 0 Å². The molecule has 3 aromatic rings. The molecule has 0 radical (unpaired) electrons. The van der Waals surface area contributed by atoms with Crippen molar-refractivity contribution in [2.75, 3.05) is 20.8 Å². The molecule has 0 unspecified atom stereocenters. The molecule has 1 aromatic heterocycles. The average molecular weight is 396 g/mol. The van der Waals surface area contributed by atoms with E-state index in [0.29, 0.717) is 33.8 Å². The van der Waals surface area contributed by atoms with Crippen LogP contribution in [0.1, 0.15) is 24.0 Å². The molecule has 0 bridgehead atoms. The van der Waals surface area contributed by atoms with Gasteiger partial charge < -0.3 is 23.4 Å². The zero-order valence-electron chi connectivity index (χ0n) is 16.3. The summed E-state index contributed by atoms with van der Waals surface area (Å²) in [6.45, 7) is 1.91. The fraction of sp³-hybridized carbons (Fsp3) is 0.273. The van der Waals surface area contributed by atoms with Crippen LogP contribution in [0.4, 0.5) is 0 Å². The molecule has 0 saturated heterocycles. The van der Waals surface area contributed by atoms with Crippen LogP contribution in [-0.4, -0.2) is 32.9 Å². The van der Waals surface area contributed by atoms with Crippen LogP contribution < -0.4 is 19.8 Å². The summed E-state index contributed by atoms with van der Waals surface area (Å²) in [7, 11) is 3.06. The Morgan fingerprint density at radius 3 is 2.62 bits per heavy atom. The van der Waals surface area contributed by atoms with Crippen LogP contribution >= 0.6 is 0 Å². The molecule has 0 fully saturated rings. The molecule has 2 heterocycles. The predicted molar refractivity (Wildman–Crippen MR) is 105 cm³/mol. The number of ether oxygens (including phenoxy) is 4. The number of para-hydroxylation sites is 1. The lowest BCUT2D eigenvalue weighted by Gasteiger charge is -2.20. The molecule has 7 heteroatoms. The molecule has 0 saturated carbocycles. The van der Waals surface area contributed by atoms with Crippen LogP contribution in [0.25, 0.3) is 11.0 Å². The van der Waals surface area contributed by atoms with Crippen molar-refractivity contribution in [3.05, 3.63) is 64.0 Å².